The standard InChI is InChI=1S/C14H15BrF2N2S/c15-10-5-9(11(16)6-12(10)17)14-4-2-1-3-8(14)7-20-13(18)19-14/h5-6,8H,1-4,7H2,(H2,18,19). The van der Waals surface area contributed by atoms with Crippen molar-refractivity contribution in [2.24, 2.45) is 16.6 Å². The molecule has 0 aromatic heterocycles. The summed E-state index contributed by atoms with van der Waals surface area (Å²) in [5, 5.41) is 0.503. The molecule has 1 heterocycles. The van der Waals surface area contributed by atoms with Crippen molar-refractivity contribution >= 4 is 32.9 Å². The predicted octanol–water partition coefficient (Wildman–Crippen LogP) is 4.17. The van der Waals surface area contributed by atoms with E-state index in [9.17, 15) is 8.78 Å². The summed E-state index contributed by atoms with van der Waals surface area (Å²) in [5.41, 5.74) is 5.74. The van der Waals surface area contributed by atoms with Crippen LogP contribution < -0.4 is 5.73 Å². The molecular formula is C14H15BrF2N2S. The minimum absolute atomic E-state index is 0.264. The summed E-state index contributed by atoms with van der Waals surface area (Å²) in [4.78, 5) is 4.61. The fourth-order valence-corrected chi connectivity index (χ4v) is 4.67. The lowest BCUT2D eigenvalue weighted by atomic mass is 9.69. The van der Waals surface area contributed by atoms with Gasteiger partial charge in [0.1, 0.15) is 11.6 Å². The zero-order valence-electron chi connectivity index (χ0n) is 10.8. The van der Waals surface area contributed by atoms with Crippen LogP contribution in [0.2, 0.25) is 0 Å². The van der Waals surface area contributed by atoms with Gasteiger partial charge in [0.25, 0.3) is 0 Å². The molecular weight excluding hydrogens is 346 g/mol. The Kier molecular flexibility index (Phi) is 3.79. The molecule has 1 aliphatic carbocycles. The number of hydrogen-bond acceptors (Lipinski definition) is 3. The van der Waals surface area contributed by atoms with Crippen LogP contribution in [-0.4, -0.2) is 10.9 Å². The molecule has 1 saturated carbocycles. The van der Waals surface area contributed by atoms with Gasteiger partial charge in [-0.1, -0.05) is 24.6 Å². The van der Waals surface area contributed by atoms with E-state index < -0.39 is 17.2 Å². The monoisotopic (exact) mass is 360 g/mol. The van der Waals surface area contributed by atoms with Crippen molar-refractivity contribution < 1.29 is 8.78 Å². The third-order valence-electron chi connectivity index (χ3n) is 4.25. The van der Waals surface area contributed by atoms with Crippen LogP contribution in [0.4, 0.5) is 8.78 Å². The van der Waals surface area contributed by atoms with E-state index in [1.807, 2.05) is 0 Å². The van der Waals surface area contributed by atoms with Crippen LogP contribution >= 0.6 is 27.7 Å². The van der Waals surface area contributed by atoms with Gasteiger partial charge >= 0.3 is 0 Å². The highest BCUT2D eigenvalue weighted by Crippen LogP contribution is 2.50. The maximum atomic E-state index is 14.3. The molecule has 2 aliphatic rings. The van der Waals surface area contributed by atoms with Crippen molar-refractivity contribution in [3.8, 4) is 0 Å². The summed E-state index contributed by atoms with van der Waals surface area (Å²) in [6.07, 6.45) is 3.91. The second-order valence-corrected chi connectivity index (χ2v) is 7.27. The second-order valence-electron chi connectivity index (χ2n) is 5.37. The average Bonchev–Trinajstić information content (AvgIpc) is 2.42. The van der Waals surface area contributed by atoms with E-state index in [1.54, 1.807) is 0 Å². The molecule has 2 atom stereocenters. The smallest absolute Gasteiger partial charge is 0.154 e. The number of aliphatic imine (C=N–C) groups is 1. The number of fused-ring (bicyclic) bond motifs is 1. The number of thioether (sulfide) groups is 1. The maximum absolute atomic E-state index is 14.3. The highest BCUT2D eigenvalue weighted by Gasteiger charge is 2.46. The highest BCUT2D eigenvalue weighted by molar-refractivity contribution is 9.10. The zero-order valence-corrected chi connectivity index (χ0v) is 13.2. The first-order valence-corrected chi connectivity index (χ1v) is 8.44. The van der Waals surface area contributed by atoms with Crippen LogP contribution in [0.5, 0.6) is 0 Å². The molecule has 2 N–H and O–H groups in total. The first-order valence-electron chi connectivity index (χ1n) is 6.66. The second kappa shape index (κ2) is 5.30. The van der Waals surface area contributed by atoms with Crippen molar-refractivity contribution in [2.45, 2.75) is 31.2 Å². The minimum atomic E-state index is -0.617. The quantitative estimate of drug-likeness (QED) is 0.763. The maximum Gasteiger partial charge on any atom is 0.154 e. The van der Waals surface area contributed by atoms with Crippen LogP contribution in [0.1, 0.15) is 31.2 Å². The first-order chi connectivity index (χ1) is 9.53. The molecule has 6 heteroatoms. The van der Waals surface area contributed by atoms with E-state index in [1.165, 1.54) is 17.8 Å². The molecule has 1 aromatic rings. The zero-order chi connectivity index (χ0) is 14.3. The van der Waals surface area contributed by atoms with Crippen LogP contribution in [0.25, 0.3) is 0 Å². The molecule has 1 aliphatic heterocycles. The van der Waals surface area contributed by atoms with Crippen LogP contribution in [-0.2, 0) is 5.54 Å². The summed E-state index contributed by atoms with van der Waals surface area (Å²) < 4.78 is 28.1. The molecule has 0 amide bonds. The molecule has 2 nitrogen and oxygen atoms in total. The molecule has 1 fully saturated rings. The van der Waals surface area contributed by atoms with E-state index in [4.69, 9.17) is 5.73 Å². The van der Waals surface area contributed by atoms with Crippen molar-refractivity contribution in [3.63, 3.8) is 0 Å². The topological polar surface area (TPSA) is 38.4 Å². The molecule has 1 aromatic carbocycles. The third kappa shape index (κ3) is 2.26. The summed E-state index contributed by atoms with van der Waals surface area (Å²) in [7, 11) is 0. The normalized spacial score (nSPS) is 29.8. The van der Waals surface area contributed by atoms with Gasteiger partial charge in [-0.05, 0) is 40.8 Å². The Morgan fingerprint density at radius 1 is 1.30 bits per heavy atom. The predicted molar refractivity (Wildman–Crippen MR) is 81.8 cm³/mol. The molecule has 0 spiro atoms. The van der Waals surface area contributed by atoms with E-state index in [-0.39, 0.29) is 10.4 Å². The van der Waals surface area contributed by atoms with Gasteiger partial charge in [0, 0.05) is 17.4 Å². The van der Waals surface area contributed by atoms with Crippen LogP contribution in [0.15, 0.2) is 21.6 Å². The Morgan fingerprint density at radius 3 is 2.90 bits per heavy atom. The largest absolute Gasteiger partial charge is 0.379 e. The van der Waals surface area contributed by atoms with Gasteiger partial charge in [-0.3, -0.25) is 4.99 Å². The van der Waals surface area contributed by atoms with Crippen molar-refractivity contribution in [2.75, 3.05) is 5.75 Å². The molecule has 0 saturated heterocycles. The van der Waals surface area contributed by atoms with E-state index in [0.717, 1.165) is 37.5 Å². The average molecular weight is 361 g/mol. The number of amidine groups is 1. The van der Waals surface area contributed by atoms with E-state index >= 15 is 0 Å². The number of nitrogens with two attached hydrogens (primary N) is 1. The Balaban J connectivity index is 2.17. The molecule has 2 unspecified atom stereocenters. The van der Waals surface area contributed by atoms with Crippen molar-refractivity contribution in [1.82, 2.24) is 0 Å². The number of benzene rings is 1. The van der Waals surface area contributed by atoms with Gasteiger partial charge < -0.3 is 5.73 Å². The first kappa shape index (κ1) is 14.3. The summed E-state index contributed by atoms with van der Waals surface area (Å²) >= 11 is 4.68. The van der Waals surface area contributed by atoms with Crippen molar-refractivity contribution in [3.05, 3.63) is 33.8 Å². The molecule has 108 valence electrons. The minimum Gasteiger partial charge on any atom is -0.379 e. The third-order valence-corrected chi connectivity index (χ3v) is 5.82. The van der Waals surface area contributed by atoms with Gasteiger partial charge in [-0.2, -0.15) is 0 Å². The van der Waals surface area contributed by atoms with E-state index in [0.29, 0.717) is 10.7 Å². The van der Waals surface area contributed by atoms with Crippen LogP contribution in [0, 0.1) is 17.6 Å². The number of rotatable bonds is 1. The van der Waals surface area contributed by atoms with E-state index in [2.05, 4.69) is 20.9 Å². The molecule has 20 heavy (non-hydrogen) atoms. The van der Waals surface area contributed by atoms with Gasteiger partial charge in [0.05, 0.1) is 10.0 Å². The lowest BCUT2D eigenvalue weighted by molar-refractivity contribution is 0.205. The molecule has 0 bridgehead atoms. The number of nitrogens with zero attached hydrogens (tertiary/aromatic N) is 1. The lowest BCUT2D eigenvalue weighted by Crippen LogP contribution is -2.43. The Morgan fingerprint density at radius 2 is 2.10 bits per heavy atom. The number of hydrogen-bond donors (Lipinski definition) is 1. The lowest BCUT2D eigenvalue weighted by Gasteiger charge is -2.44. The Bertz CT molecular complexity index is 579. The number of halogens is 3. The SMILES string of the molecule is NC1=NC2(c3cc(Br)c(F)cc3F)CCCCC2CS1. The van der Waals surface area contributed by atoms with Gasteiger partial charge in [0.15, 0.2) is 5.17 Å². The fourth-order valence-electron chi connectivity index (χ4n) is 3.28. The summed E-state index contributed by atoms with van der Waals surface area (Å²) in [6, 6.07) is 2.48. The van der Waals surface area contributed by atoms with Crippen LogP contribution in [0.3, 0.4) is 0 Å². The highest BCUT2D eigenvalue weighted by atomic mass is 79.9. The summed E-state index contributed by atoms with van der Waals surface area (Å²) in [5.74, 6) is 0.00245. The Hall–Kier alpha value is -0.620. The van der Waals surface area contributed by atoms with Gasteiger partial charge in [0.2, 0.25) is 0 Å². The molecule has 3 rings (SSSR count). The van der Waals surface area contributed by atoms with Crippen molar-refractivity contribution in [1.29, 1.82) is 0 Å². The fraction of sp³-hybridized carbons (Fsp3) is 0.500. The van der Waals surface area contributed by atoms with Gasteiger partial charge in [-0.25, -0.2) is 8.78 Å². The molecule has 0 radical (unpaired) electrons. The van der Waals surface area contributed by atoms with Gasteiger partial charge in [-0.15, -0.1) is 0 Å². The Labute approximate surface area is 129 Å². The summed E-state index contributed by atoms with van der Waals surface area (Å²) in [6.45, 7) is 0.